The monoisotopic (exact) mass is 404 g/mol. The maximum atomic E-state index is 12.6. The zero-order valence-corrected chi connectivity index (χ0v) is 17.2. The van der Waals surface area contributed by atoms with Gasteiger partial charge in [-0.3, -0.25) is 9.59 Å². The van der Waals surface area contributed by atoms with Crippen molar-refractivity contribution in [3.05, 3.63) is 29.8 Å². The van der Waals surface area contributed by atoms with Crippen molar-refractivity contribution in [2.24, 2.45) is 0 Å². The minimum absolute atomic E-state index is 0.0339. The fraction of sp³-hybridized carbons (Fsp3) is 0.524. The van der Waals surface area contributed by atoms with Crippen LogP contribution in [0.3, 0.4) is 0 Å². The fourth-order valence-electron chi connectivity index (χ4n) is 3.59. The number of ether oxygens (including phenoxy) is 3. The van der Waals surface area contributed by atoms with Crippen LogP contribution in [0.1, 0.15) is 5.56 Å². The maximum Gasteiger partial charge on any atom is 0.277 e. The standard InChI is InChI=1S/C21H29N3O5/c1-27-18-4-5-19(28-2)17(15-18)3-6-20(25)23-9-7-22(8-10-23)16-21(26)24-11-13-29-14-12-24/h3-6,15H,7-14,16H2,1-2H3/p+1/b6-3+. The van der Waals surface area contributed by atoms with Crippen LogP contribution < -0.4 is 14.4 Å². The van der Waals surface area contributed by atoms with Crippen molar-refractivity contribution in [1.29, 1.82) is 0 Å². The van der Waals surface area contributed by atoms with E-state index in [1.165, 1.54) is 4.90 Å². The Bertz CT molecular complexity index is 738. The smallest absolute Gasteiger partial charge is 0.277 e. The number of rotatable bonds is 6. The van der Waals surface area contributed by atoms with E-state index in [4.69, 9.17) is 14.2 Å². The minimum Gasteiger partial charge on any atom is -0.497 e. The van der Waals surface area contributed by atoms with Gasteiger partial charge in [0.25, 0.3) is 5.91 Å². The predicted octanol–water partition coefficient (Wildman–Crippen LogP) is -0.697. The number of carbonyl (C=O) groups is 2. The molecule has 8 nitrogen and oxygen atoms in total. The lowest BCUT2D eigenvalue weighted by Gasteiger charge is -2.33. The summed E-state index contributed by atoms with van der Waals surface area (Å²) in [6.45, 7) is 5.91. The van der Waals surface area contributed by atoms with Crippen LogP contribution in [-0.2, 0) is 14.3 Å². The molecule has 2 aliphatic heterocycles. The average molecular weight is 404 g/mol. The first kappa shape index (κ1) is 21.1. The molecule has 0 atom stereocenters. The van der Waals surface area contributed by atoms with Gasteiger partial charge in [0.2, 0.25) is 5.91 Å². The van der Waals surface area contributed by atoms with Crippen LogP contribution in [0.15, 0.2) is 24.3 Å². The maximum absolute atomic E-state index is 12.6. The summed E-state index contributed by atoms with van der Waals surface area (Å²) < 4.78 is 15.9. The van der Waals surface area contributed by atoms with Gasteiger partial charge in [-0.25, -0.2) is 0 Å². The molecule has 2 saturated heterocycles. The van der Waals surface area contributed by atoms with E-state index in [0.29, 0.717) is 57.4 Å². The Morgan fingerprint density at radius 2 is 1.79 bits per heavy atom. The molecule has 0 aromatic heterocycles. The lowest BCUT2D eigenvalue weighted by molar-refractivity contribution is -0.896. The number of amides is 2. The van der Waals surface area contributed by atoms with Crippen molar-refractivity contribution in [2.45, 2.75) is 0 Å². The molecule has 0 saturated carbocycles. The van der Waals surface area contributed by atoms with Crippen molar-refractivity contribution in [3.63, 3.8) is 0 Å². The third kappa shape index (κ3) is 5.71. The van der Waals surface area contributed by atoms with Crippen LogP contribution >= 0.6 is 0 Å². The number of piperazine rings is 1. The molecule has 0 radical (unpaired) electrons. The first-order chi connectivity index (χ1) is 14.1. The minimum atomic E-state index is -0.0339. The first-order valence-corrected chi connectivity index (χ1v) is 9.99. The van der Waals surface area contributed by atoms with Crippen LogP contribution in [0.2, 0.25) is 0 Å². The summed E-state index contributed by atoms with van der Waals surface area (Å²) in [4.78, 5) is 29.9. The van der Waals surface area contributed by atoms with Crippen molar-refractivity contribution in [1.82, 2.24) is 9.80 Å². The Balaban J connectivity index is 1.50. The number of morpholine rings is 1. The van der Waals surface area contributed by atoms with E-state index in [2.05, 4.69) is 0 Å². The zero-order valence-electron chi connectivity index (χ0n) is 17.2. The molecular weight excluding hydrogens is 374 g/mol. The molecule has 1 N–H and O–H groups in total. The molecule has 2 amide bonds. The summed E-state index contributed by atoms with van der Waals surface area (Å²) in [6.07, 6.45) is 3.33. The van der Waals surface area contributed by atoms with Crippen LogP contribution in [0.25, 0.3) is 6.08 Å². The Labute approximate surface area is 171 Å². The molecular formula is C21H30N3O5+. The van der Waals surface area contributed by atoms with E-state index in [9.17, 15) is 9.59 Å². The van der Waals surface area contributed by atoms with E-state index < -0.39 is 0 Å². The van der Waals surface area contributed by atoms with Gasteiger partial charge in [-0.15, -0.1) is 0 Å². The number of hydrogen-bond donors (Lipinski definition) is 1. The number of methoxy groups -OCH3 is 2. The van der Waals surface area contributed by atoms with Gasteiger partial charge in [-0.1, -0.05) is 0 Å². The molecule has 1 aromatic carbocycles. The lowest BCUT2D eigenvalue weighted by Crippen LogP contribution is -3.15. The van der Waals surface area contributed by atoms with Crippen LogP contribution in [0, 0.1) is 0 Å². The van der Waals surface area contributed by atoms with Crippen molar-refractivity contribution in [3.8, 4) is 11.5 Å². The topological polar surface area (TPSA) is 72.8 Å². The summed E-state index contributed by atoms with van der Waals surface area (Å²) in [6, 6.07) is 5.47. The van der Waals surface area contributed by atoms with E-state index in [1.54, 1.807) is 26.4 Å². The van der Waals surface area contributed by atoms with Gasteiger partial charge in [0.05, 0.1) is 53.6 Å². The van der Waals surface area contributed by atoms with Gasteiger partial charge in [-0.2, -0.15) is 0 Å². The van der Waals surface area contributed by atoms with Gasteiger partial charge >= 0.3 is 0 Å². The zero-order chi connectivity index (χ0) is 20.6. The van der Waals surface area contributed by atoms with Crippen LogP contribution in [-0.4, -0.2) is 94.9 Å². The third-order valence-electron chi connectivity index (χ3n) is 5.39. The third-order valence-corrected chi connectivity index (χ3v) is 5.39. The summed E-state index contributed by atoms with van der Waals surface area (Å²) >= 11 is 0. The molecule has 1 aromatic rings. The summed E-state index contributed by atoms with van der Waals surface area (Å²) in [5, 5.41) is 0. The van der Waals surface area contributed by atoms with Gasteiger partial charge < -0.3 is 28.9 Å². The van der Waals surface area contributed by atoms with E-state index >= 15 is 0 Å². The van der Waals surface area contributed by atoms with Crippen molar-refractivity contribution in [2.75, 3.05) is 73.2 Å². The SMILES string of the molecule is COc1ccc(OC)c(/C=C/C(=O)N2CC[NH+](CC(=O)N3CCOCC3)CC2)c1. The van der Waals surface area contributed by atoms with Gasteiger partial charge in [-0.05, 0) is 24.3 Å². The van der Waals surface area contributed by atoms with E-state index in [0.717, 1.165) is 18.7 Å². The number of nitrogens with zero attached hydrogens (tertiary/aromatic N) is 2. The second-order valence-corrected chi connectivity index (χ2v) is 7.19. The van der Waals surface area contributed by atoms with Gasteiger partial charge in [0.15, 0.2) is 6.54 Å². The molecule has 3 rings (SSSR count). The molecule has 2 fully saturated rings. The number of quaternary nitrogens is 1. The average Bonchev–Trinajstić information content (AvgIpc) is 2.78. The molecule has 0 aliphatic carbocycles. The molecule has 29 heavy (non-hydrogen) atoms. The number of carbonyl (C=O) groups excluding carboxylic acids is 2. The number of nitrogens with one attached hydrogen (secondary N) is 1. The molecule has 2 heterocycles. The molecule has 0 unspecified atom stereocenters. The quantitative estimate of drug-likeness (QED) is 0.635. The molecule has 0 spiro atoms. The normalized spacial score (nSPS) is 18.1. The summed E-state index contributed by atoms with van der Waals surface area (Å²) in [7, 11) is 3.20. The lowest BCUT2D eigenvalue weighted by atomic mass is 10.1. The van der Waals surface area contributed by atoms with Crippen LogP contribution in [0.5, 0.6) is 11.5 Å². The Hall–Kier alpha value is -2.58. The summed E-state index contributed by atoms with van der Waals surface area (Å²) in [5.74, 6) is 1.53. The van der Waals surface area contributed by atoms with Crippen LogP contribution in [0.4, 0.5) is 0 Å². The van der Waals surface area contributed by atoms with Crippen molar-refractivity contribution >= 4 is 17.9 Å². The Morgan fingerprint density at radius 1 is 1.07 bits per heavy atom. The fourth-order valence-corrected chi connectivity index (χ4v) is 3.59. The van der Waals surface area contributed by atoms with E-state index in [-0.39, 0.29) is 11.8 Å². The highest BCUT2D eigenvalue weighted by molar-refractivity contribution is 5.92. The molecule has 2 aliphatic rings. The molecule has 158 valence electrons. The summed E-state index contributed by atoms with van der Waals surface area (Å²) in [5.41, 5.74) is 0.792. The Morgan fingerprint density at radius 3 is 2.45 bits per heavy atom. The second kappa shape index (κ2) is 10.3. The molecule has 8 heteroatoms. The number of hydrogen-bond acceptors (Lipinski definition) is 5. The highest BCUT2D eigenvalue weighted by atomic mass is 16.5. The van der Waals surface area contributed by atoms with Gasteiger partial charge in [0, 0.05) is 24.7 Å². The highest BCUT2D eigenvalue weighted by Gasteiger charge is 2.26. The predicted molar refractivity (Wildman–Crippen MR) is 108 cm³/mol. The van der Waals surface area contributed by atoms with E-state index in [1.807, 2.05) is 28.0 Å². The van der Waals surface area contributed by atoms with Gasteiger partial charge in [0.1, 0.15) is 11.5 Å². The highest BCUT2D eigenvalue weighted by Crippen LogP contribution is 2.25. The first-order valence-electron chi connectivity index (χ1n) is 9.99. The number of benzene rings is 1. The Kier molecular flexibility index (Phi) is 7.48. The molecule has 0 bridgehead atoms. The van der Waals surface area contributed by atoms with Crippen molar-refractivity contribution < 1.29 is 28.7 Å². The largest absolute Gasteiger partial charge is 0.497 e. The second-order valence-electron chi connectivity index (χ2n) is 7.19.